The number of rotatable bonds is 4. The van der Waals surface area contributed by atoms with Gasteiger partial charge in [0.05, 0.1) is 5.52 Å². The first-order valence-corrected chi connectivity index (χ1v) is 9.90. The normalized spacial score (nSPS) is 11.0. The number of hydrogen-bond donors (Lipinski definition) is 2. The van der Waals surface area contributed by atoms with E-state index in [-0.39, 0.29) is 12.3 Å². The average Bonchev–Trinajstić information content (AvgIpc) is 3.10. The second-order valence-electron chi connectivity index (χ2n) is 7.03. The van der Waals surface area contributed by atoms with E-state index in [4.69, 9.17) is 16.6 Å². The number of nitrogens with zero attached hydrogens (tertiary/aromatic N) is 3. The van der Waals surface area contributed by atoms with Gasteiger partial charge < -0.3 is 0 Å². The van der Waals surface area contributed by atoms with Crippen molar-refractivity contribution in [1.82, 2.24) is 25.4 Å². The predicted molar refractivity (Wildman–Crippen MR) is 115 cm³/mol. The van der Waals surface area contributed by atoms with Gasteiger partial charge in [0.25, 0.3) is 5.91 Å². The Hall–Kier alpha value is -3.45. The summed E-state index contributed by atoms with van der Waals surface area (Å²) in [6, 6.07) is 14.4. The number of carbonyl (C=O) groups excluding carboxylic acids is 2. The number of carbonyl (C=O) groups is 2. The Kier molecular flexibility index (Phi) is 5.37. The van der Waals surface area contributed by atoms with Crippen LogP contribution in [0.25, 0.3) is 16.6 Å². The van der Waals surface area contributed by atoms with E-state index in [1.54, 1.807) is 18.2 Å². The molecule has 0 spiro atoms. The van der Waals surface area contributed by atoms with Gasteiger partial charge in [-0.3, -0.25) is 20.4 Å². The van der Waals surface area contributed by atoms with Crippen molar-refractivity contribution in [3.8, 4) is 0 Å². The lowest BCUT2D eigenvalue weighted by atomic mass is 10.1. The summed E-state index contributed by atoms with van der Waals surface area (Å²) in [5.41, 5.74) is 9.69. The monoisotopic (exact) mass is 421 g/mol. The van der Waals surface area contributed by atoms with Crippen LogP contribution in [0.4, 0.5) is 0 Å². The average molecular weight is 422 g/mol. The fraction of sp³-hybridized carbons (Fsp3) is 0.182. The molecule has 8 heteroatoms. The van der Waals surface area contributed by atoms with E-state index < -0.39 is 5.91 Å². The molecule has 0 unspecified atom stereocenters. The van der Waals surface area contributed by atoms with Crippen LogP contribution in [0, 0.1) is 13.8 Å². The highest BCUT2D eigenvalue weighted by Crippen LogP contribution is 2.22. The molecule has 0 aliphatic rings. The number of aromatic nitrogens is 3. The Balaban J connectivity index is 1.45. The van der Waals surface area contributed by atoms with Crippen molar-refractivity contribution in [2.45, 2.75) is 26.7 Å². The van der Waals surface area contributed by atoms with Crippen molar-refractivity contribution in [2.24, 2.45) is 0 Å². The largest absolute Gasteiger partial charge is 0.273 e. The number of benzene rings is 2. The highest BCUT2D eigenvalue weighted by Gasteiger charge is 2.15. The molecular formula is C22H20ClN5O2. The van der Waals surface area contributed by atoms with Crippen LogP contribution >= 0.6 is 11.6 Å². The van der Waals surface area contributed by atoms with Crippen LogP contribution in [-0.2, 0) is 11.2 Å². The summed E-state index contributed by atoms with van der Waals surface area (Å²) in [4.78, 5) is 29.1. The van der Waals surface area contributed by atoms with Gasteiger partial charge in [-0.1, -0.05) is 29.8 Å². The first-order valence-electron chi connectivity index (χ1n) is 9.52. The van der Waals surface area contributed by atoms with Crippen LogP contribution in [-0.4, -0.2) is 26.4 Å². The molecule has 0 radical (unpaired) electrons. The SMILES string of the molecule is Cc1nc2c3ccccc3nn2c(C)c1CCC(=O)NNC(=O)c1cccc(Cl)c1. The minimum atomic E-state index is -0.426. The molecule has 2 N–H and O–H groups in total. The maximum absolute atomic E-state index is 12.3. The molecule has 0 aliphatic heterocycles. The maximum atomic E-state index is 12.3. The van der Waals surface area contributed by atoms with Crippen LogP contribution in [0.2, 0.25) is 5.02 Å². The van der Waals surface area contributed by atoms with E-state index in [1.165, 1.54) is 6.07 Å². The van der Waals surface area contributed by atoms with Crippen molar-refractivity contribution in [2.75, 3.05) is 0 Å². The van der Waals surface area contributed by atoms with E-state index in [0.29, 0.717) is 17.0 Å². The van der Waals surface area contributed by atoms with Gasteiger partial charge >= 0.3 is 0 Å². The van der Waals surface area contributed by atoms with E-state index in [2.05, 4.69) is 16.0 Å². The van der Waals surface area contributed by atoms with E-state index in [9.17, 15) is 9.59 Å². The Morgan fingerprint density at radius 1 is 1.07 bits per heavy atom. The molecule has 2 aromatic carbocycles. The van der Waals surface area contributed by atoms with Crippen molar-refractivity contribution in [3.63, 3.8) is 0 Å². The van der Waals surface area contributed by atoms with Crippen LogP contribution in [0.1, 0.15) is 33.7 Å². The highest BCUT2D eigenvalue weighted by atomic mass is 35.5. The number of hydrogen-bond acceptors (Lipinski definition) is 4. The van der Waals surface area contributed by atoms with E-state index >= 15 is 0 Å². The summed E-state index contributed by atoms with van der Waals surface area (Å²) in [7, 11) is 0. The maximum Gasteiger partial charge on any atom is 0.269 e. The van der Waals surface area contributed by atoms with Crippen LogP contribution in [0.15, 0.2) is 48.5 Å². The minimum Gasteiger partial charge on any atom is -0.273 e. The number of aryl methyl sites for hydroxylation is 2. The van der Waals surface area contributed by atoms with E-state index in [1.807, 2.05) is 42.6 Å². The van der Waals surface area contributed by atoms with Gasteiger partial charge in [0, 0.05) is 33.8 Å². The second-order valence-corrected chi connectivity index (χ2v) is 7.46. The molecule has 0 aliphatic carbocycles. The number of amides is 2. The lowest BCUT2D eigenvalue weighted by molar-refractivity contribution is -0.121. The van der Waals surface area contributed by atoms with Gasteiger partial charge in [-0.05, 0) is 56.2 Å². The molecule has 0 fully saturated rings. The van der Waals surface area contributed by atoms with Crippen molar-refractivity contribution in [1.29, 1.82) is 0 Å². The molecule has 7 nitrogen and oxygen atoms in total. The third-order valence-corrected chi connectivity index (χ3v) is 5.26. The molecule has 152 valence electrons. The Morgan fingerprint density at radius 2 is 1.87 bits per heavy atom. The highest BCUT2D eigenvalue weighted by molar-refractivity contribution is 6.30. The summed E-state index contributed by atoms with van der Waals surface area (Å²) >= 11 is 5.89. The minimum absolute atomic E-state index is 0.200. The zero-order valence-corrected chi connectivity index (χ0v) is 17.3. The molecule has 30 heavy (non-hydrogen) atoms. The lowest BCUT2D eigenvalue weighted by Gasteiger charge is -2.12. The van der Waals surface area contributed by atoms with Gasteiger partial charge in [-0.15, -0.1) is 0 Å². The molecule has 4 rings (SSSR count). The molecule has 2 heterocycles. The zero-order chi connectivity index (χ0) is 21.3. The second kappa shape index (κ2) is 8.12. The molecule has 0 atom stereocenters. The van der Waals surface area contributed by atoms with Crippen LogP contribution in [0.3, 0.4) is 0 Å². The molecule has 0 saturated heterocycles. The third kappa shape index (κ3) is 3.84. The number of halogens is 1. The summed E-state index contributed by atoms with van der Waals surface area (Å²) in [5.74, 6) is -0.723. The molecule has 0 saturated carbocycles. The van der Waals surface area contributed by atoms with E-state index in [0.717, 1.165) is 33.5 Å². The fourth-order valence-electron chi connectivity index (χ4n) is 3.47. The van der Waals surface area contributed by atoms with Crippen molar-refractivity contribution in [3.05, 3.63) is 76.1 Å². The van der Waals surface area contributed by atoms with Crippen LogP contribution < -0.4 is 10.9 Å². The molecule has 2 amide bonds. The molecular weight excluding hydrogens is 402 g/mol. The Bertz CT molecular complexity index is 1280. The molecule has 0 bridgehead atoms. The third-order valence-electron chi connectivity index (χ3n) is 5.02. The first kappa shape index (κ1) is 19.8. The first-order chi connectivity index (χ1) is 14.4. The number of nitrogens with one attached hydrogen (secondary N) is 2. The van der Waals surface area contributed by atoms with Gasteiger partial charge in [0.15, 0.2) is 5.65 Å². The van der Waals surface area contributed by atoms with Gasteiger partial charge in [-0.25, -0.2) is 9.50 Å². The standard InChI is InChI=1S/C22H20ClN5O2/c1-13-17(14(2)28-21(24-13)18-8-3-4-9-19(18)27-28)10-11-20(29)25-26-22(30)15-6-5-7-16(23)12-15/h3-9,12H,10-11H2,1-2H3,(H,25,29)(H,26,30). The topological polar surface area (TPSA) is 88.4 Å². The Labute approximate surface area is 178 Å². The van der Waals surface area contributed by atoms with Gasteiger partial charge in [-0.2, -0.15) is 5.10 Å². The predicted octanol–water partition coefficient (Wildman–Crippen LogP) is 3.55. The van der Waals surface area contributed by atoms with Crippen molar-refractivity contribution >= 4 is 40.0 Å². The van der Waals surface area contributed by atoms with Gasteiger partial charge in [0.2, 0.25) is 5.91 Å². The zero-order valence-electron chi connectivity index (χ0n) is 16.6. The molecule has 4 aromatic rings. The fourth-order valence-corrected chi connectivity index (χ4v) is 3.66. The van der Waals surface area contributed by atoms with Crippen molar-refractivity contribution < 1.29 is 9.59 Å². The summed E-state index contributed by atoms with van der Waals surface area (Å²) in [6.45, 7) is 3.91. The smallest absolute Gasteiger partial charge is 0.269 e. The quantitative estimate of drug-likeness (QED) is 0.493. The lowest BCUT2D eigenvalue weighted by Crippen LogP contribution is -2.41. The summed E-state index contributed by atoms with van der Waals surface area (Å²) < 4.78 is 1.83. The number of fused-ring (bicyclic) bond motifs is 3. The Morgan fingerprint density at radius 3 is 2.67 bits per heavy atom. The number of hydrazine groups is 1. The summed E-state index contributed by atoms with van der Waals surface area (Å²) in [5, 5.41) is 6.08. The van der Waals surface area contributed by atoms with Gasteiger partial charge in [0.1, 0.15) is 0 Å². The molecule has 2 aromatic heterocycles. The van der Waals surface area contributed by atoms with Crippen LogP contribution in [0.5, 0.6) is 0 Å². The summed E-state index contributed by atoms with van der Waals surface area (Å²) in [6.07, 6.45) is 0.682.